The molecule has 0 aliphatic carbocycles. The fourth-order valence-electron chi connectivity index (χ4n) is 4.61. The minimum atomic E-state index is -0.372. The van der Waals surface area contributed by atoms with Gasteiger partial charge >= 0.3 is 0 Å². The number of nitrogens with zero attached hydrogens (tertiary/aromatic N) is 4. The summed E-state index contributed by atoms with van der Waals surface area (Å²) in [7, 11) is 3.35. The van der Waals surface area contributed by atoms with Crippen LogP contribution in [0.1, 0.15) is 42.4 Å². The first-order chi connectivity index (χ1) is 17.1. The monoisotopic (exact) mass is 504 g/mol. The van der Waals surface area contributed by atoms with Crippen molar-refractivity contribution in [2.24, 2.45) is 5.92 Å². The number of quaternary nitrogens is 1. The second-order valence-electron chi connectivity index (χ2n) is 10.4. The van der Waals surface area contributed by atoms with E-state index in [-0.39, 0.29) is 22.2 Å². The van der Waals surface area contributed by atoms with Crippen LogP contribution in [0.2, 0.25) is 0 Å². The van der Waals surface area contributed by atoms with Gasteiger partial charge in [0.15, 0.2) is 0 Å². The van der Waals surface area contributed by atoms with Crippen molar-refractivity contribution in [3.8, 4) is 0 Å². The van der Waals surface area contributed by atoms with Crippen LogP contribution in [-0.2, 0) is 13.1 Å². The summed E-state index contributed by atoms with van der Waals surface area (Å²) in [6, 6.07) is 20.3. The number of rotatable bonds is 10. The molecule has 0 N–H and O–H groups in total. The summed E-state index contributed by atoms with van der Waals surface area (Å²) in [5.74, 6) is 0.932. The quantitative estimate of drug-likeness (QED) is 0.209. The summed E-state index contributed by atoms with van der Waals surface area (Å²) in [6.45, 7) is 8.59. The predicted octanol–water partition coefficient (Wildman–Crippen LogP) is 5.59. The van der Waals surface area contributed by atoms with E-state index in [0.29, 0.717) is 31.6 Å². The molecule has 4 rings (SSSR count). The summed E-state index contributed by atoms with van der Waals surface area (Å²) < 4.78 is 1.47. The molecule has 1 atom stereocenters. The summed E-state index contributed by atoms with van der Waals surface area (Å²) in [5, 5.41) is 15.2. The van der Waals surface area contributed by atoms with Crippen molar-refractivity contribution in [1.29, 1.82) is 0 Å². The molecule has 190 valence electrons. The zero-order chi connectivity index (χ0) is 25.9. The van der Waals surface area contributed by atoms with Gasteiger partial charge in [0.05, 0.1) is 38.6 Å². The van der Waals surface area contributed by atoms with Gasteiger partial charge in [0.1, 0.15) is 10.7 Å². The highest BCUT2D eigenvalue weighted by Gasteiger charge is 2.30. The Bertz CT molecular complexity index is 1340. The van der Waals surface area contributed by atoms with Gasteiger partial charge in [-0.1, -0.05) is 74.0 Å². The lowest BCUT2D eigenvalue weighted by Gasteiger charge is -2.39. The van der Waals surface area contributed by atoms with Crippen molar-refractivity contribution in [2.45, 2.75) is 39.9 Å². The van der Waals surface area contributed by atoms with E-state index in [1.807, 2.05) is 46.3 Å². The summed E-state index contributed by atoms with van der Waals surface area (Å²) >= 11 is 1.50. The maximum atomic E-state index is 13.7. The standard InChI is InChI=1S/C29H36N4O2S/c1-21(2)26(31(16-17-33(4,5)35)19-24-13-11-22(3)12-14-24)27-30-28-25(15-18-36-28)29(34)32(27)20-23-9-7-6-8-10-23/h6-15,18,21,26H,16-17,19-20H2,1-5H3. The van der Waals surface area contributed by atoms with Crippen LogP contribution in [0.5, 0.6) is 0 Å². The maximum absolute atomic E-state index is 13.7. The summed E-state index contributed by atoms with van der Waals surface area (Å²) in [4.78, 5) is 21.9. The van der Waals surface area contributed by atoms with Gasteiger partial charge in [-0.15, -0.1) is 11.3 Å². The van der Waals surface area contributed by atoms with Crippen LogP contribution in [0.3, 0.4) is 0 Å². The van der Waals surface area contributed by atoms with E-state index in [2.05, 4.69) is 49.9 Å². The Morgan fingerprint density at radius 1 is 1.03 bits per heavy atom. The molecule has 0 aliphatic heterocycles. The normalized spacial score (nSPS) is 13.1. The van der Waals surface area contributed by atoms with Crippen LogP contribution in [-0.4, -0.2) is 46.3 Å². The molecule has 0 radical (unpaired) electrons. The number of fused-ring (bicyclic) bond motifs is 1. The van der Waals surface area contributed by atoms with E-state index >= 15 is 0 Å². The number of hydrogen-bond donors (Lipinski definition) is 0. The Morgan fingerprint density at radius 2 is 1.72 bits per heavy atom. The van der Waals surface area contributed by atoms with Crippen molar-refractivity contribution in [3.63, 3.8) is 0 Å². The van der Waals surface area contributed by atoms with Crippen molar-refractivity contribution < 1.29 is 4.65 Å². The molecule has 0 fully saturated rings. The number of aryl methyl sites for hydroxylation is 1. The molecule has 6 nitrogen and oxygen atoms in total. The van der Waals surface area contributed by atoms with Gasteiger partial charge in [0.25, 0.3) is 5.56 Å². The Hall–Kier alpha value is -2.84. The van der Waals surface area contributed by atoms with Crippen molar-refractivity contribution in [2.75, 3.05) is 27.2 Å². The number of aromatic nitrogens is 2. The molecule has 36 heavy (non-hydrogen) atoms. The van der Waals surface area contributed by atoms with Crippen molar-refractivity contribution >= 4 is 21.6 Å². The minimum absolute atomic E-state index is 0.0130. The lowest BCUT2D eigenvalue weighted by molar-refractivity contribution is -0.839. The SMILES string of the molecule is Cc1ccc(CN(CC[N+](C)(C)[O-])C(c2nc3sccc3c(=O)n2Cc2ccccc2)C(C)C)cc1. The fourth-order valence-corrected chi connectivity index (χ4v) is 5.37. The molecule has 0 aliphatic rings. The molecule has 7 heteroatoms. The van der Waals surface area contributed by atoms with E-state index in [0.717, 1.165) is 16.2 Å². The van der Waals surface area contributed by atoms with Crippen LogP contribution in [0, 0.1) is 18.0 Å². The van der Waals surface area contributed by atoms with E-state index in [9.17, 15) is 10.0 Å². The largest absolute Gasteiger partial charge is 0.633 e. The van der Waals surface area contributed by atoms with E-state index in [1.54, 1.807) is 14.1 Å². The van der Waals surface area contributed by atoms with E-state index < -0.39 is 0 Å². The van der Waals surface area contributed by atoms with Crippen LogP contribution in [0.4, 0.5) is 0 Å². The van der Waals surface area contributed by atoms with Gasteiger partial charge in [-0.2, -0.15) is 0 Å². The molecule has 0 saturated carbocycles. The highest BCUT2D eigenvalue weighted by molar-refractivity contribution is 7.16. The molecule has 4 aromatic rings. The molecule has 0 saturated heterocycles. The predicted molar refractivity (Wildman–Crippen MR) is 149 cm³/mol. The summed E-state index contributed by atoms with van der Waals surface area (Å²) in [6.07, 6.45) is 0. The van der Waals surface area contributed by atoms with Crippen LogP contribution in [0.25, 0.3) is 10.2 Å². The fraction of sp³-hybridized carbons (Fsp3) is 0.379. The van der Waals surface area contributed by atoms with Gasteiger partial charge in [-0.25, -0.2) is 4.98 Å². The Kier molecular flexibility index (Phi) is 8.05. The molecule has 0 amide bonds. The highest BCUT2D eigenvalue weighted by Crippen LogP contribution is 2.31. The average molecular weight is 505 g/mol. The molecule has 1 unspecified atom stereocenters. The molecule has 2 heterocycles. The summed E-state index contributed by atoms with van der Waals surface area (Å²) in [5.41, 5.74) is 3.43. The van der Waals surface area contributed by atoms with E-state index in [1.165, 1.54) is 22.5 Å². The zero-order valence-electron chi connectivity index (χ0n) is 21.8. The number of benzene rings is 2. The van der Waals surface area contributed by atoms with Crippen LogP contribution < -0.4 is 5.56 Å². The maximum Gasteiger partial charge on any atom is 0.262 e. The Balaban J connectivity index is 1.84. The lowest BCUT2D eigenvalue weighted by Crippen LogP contribution is -2.44. The highest BCUT2D eigenvalue weighted by atomic mass is 32.1. The third kappa shape index (κ3) is 6.28. The number of hydroxylamine groups is 3. The van der Waals surface area contributed by atoms with Gasteiger partial charge in [0.2, 0.25) is 0 Å². The zero-order valence-corrected chi connectivity index (χ0v) is 22.7. The van der Waals surface area contributed by atoms with Crippen molar-refractivity contribution in [1.82, 2.24) is 14.5 Å². The van der Waals surface area contributed by atoms with Gasteiger partial charge in [-0.3, -0.25) is 14.3 Å². The molecule has 0 bridgehead atoms. The number of hydrogen-bond acceptors (Lipinski definition) is 5. The second kappa shape index (κ2) is 11.0. The third-order valence-electron chi connectivity index (χ3n) is 6.52. The first-order valence-corrected chi connectivity index (χ1v) is 13.4. The van der Waals surface area contributed by atoms with E-state index in [4.69, 9.17) is 4.98 Å². The minimum Gasteiger partial charge on any atom is -0.633 e. The topological polar surface area (TPSA) is 61.2 Å². The molecule has 0 spiro atoms. The Labute approximate surface area is 217 Å². The van der Waals surface area contributed by atoms with Gasteiger partial charge < -0.3 is 9.85 Å². The van der Waals surface area contributed by atoms with Gasteiger partial charge in [-0.05, 0) is 35.4 Å². The van der Waals surface area contributed by atoms with Crippen LogP contribution in [0.15, 0.2) is 70.8 Å². The molecular formula is C29H36N4O2S. The number of thiophene rings is 1. The second-order valence-corrected chi connectivity index (χ2v) is 11.3. The van der Waals surface area contributed by atoms with Crippen LogP contribution >= 0.6 is 11.3 Å². The Morgan fingerprint density at radius 3 is 2.36 bits per heavy atom. The first-order valence-electron chi connectivity index (χ1n) is 12.5. The lowest BCUT2D eigenvalue weighted by atomic mass is 9.99. The number of likely N-dealkylation sites (N-methyl/N-ethyl adjacent to an activating group) is 1. The molecule has 2 aromatic carbocycles. The third-order valence-corrected chi connectivity index (χ3v) is 7.32. The van der Waals surface area contributed by atoms with Crippen molar-refractivity contribution in [3.05, 3.63) is 104 Å². The smallest absolute Gasteiger partial charge is 0.262 e. The molecule has 2 aromatic heterocycles. The molecular weight excluding hydrogens is 468 g/mol. The first kappa shape index (κ1) is 26.2. The van der Waals surface area contributed by atoms with Gasteiger partial charge in [0, 0.05) is 13.1 Å². The average Bonchev–Trinajstić information content (AvgIpc) is 3.30.